The summed E-state index contributed by atoms with van der Waals surface area (Å²) in [5, 5.41) is 18.2. The number of aliphatic carboxylic acids is 1. The topological polar surface area (TPSA) is 122 Å². The van der Waals surface area contributed by atoms with Crippen molar-refractivity contribution in [2.75, 3.05) is 19.0 Å². The van der Waals surface area contributed by atoms with Gasteiger partial charge in [0.25, 0.3) is 5.91 Å². The number of hydrogen-bond acceptors (Lipinski definition) is 8. The number of quaternary nitrogens is 1. The van der Waals surface area contributed by atoms with Crippen molar-refractivity contribution in [3.05, 3.63) is 57.7 Å². The Morgan fingerprint density at radius 3 is 3.03 bits per heavy atom. The maximum Gasteiger partial charge on any atom is 0.253 e. The smallest absolute Gasteiger partial charge is 0.253 e. The van der Waals surface area contributed by atoms with Gasteiger partial charge < -0.3 is 20.1 Å². The Hall–Kier alpha value is -2.89. The molecule has 1 unspecified atom stereocenters. The molecule has 9 nitrogen and oxygen atoms in total. The third-order valence-electron chi connectivity index (χ3n) is 5.46. The largest absolute Gasteiger partial charge is 0.543 e. The minimum atomic E-state index is -1.38. The van der Waals surface area contributed by atoms with E-state index in [0.717, 1.165) is 16.4 Å². The van der Waals surface area contributed by atoms with Crippen LogP contribution in [0.4, 0.5) is 0 Å². The Kier molecular flexibility index (Phi) is 5.16. The molecule has 3 N–H and O–H groups in total. The molecule has 0 spiro atoms. The molecule has 5 heterocycles. The Labute approximate surface area is 186 Å². The molecule has 0 aliphatic carbocycles. The van der Waals surface area contributed by atoms with Crippen LogP contribution in [0, 0.1) is 0 Å². The molecule has 1 aromatic heterocycles. The number of nitrogens with one attached hydrogen (secondary N) is 1. The summed E-state index contributed by atoms with van der Waals surface area (Å²) < 4.78 is 0. The second-order valence-corrected chi connectivity index (χ2v) is 9.55. The predicted octanol–water partition coefficient (Wildman–Crippen LogP) is -1.66. The van der Waals surface area contributed by atoms with Crippen molar-refractivity contribution >= 4 is 46.7 Å². The second kappa shape index (κ2) is 7.98. The minimum absolute atomic E-state index is 0.0930. The lowest BCUT2D eigenvalue weighted by atomic mass is 10.0. The van der Waals surface area contributed by atoms with Gasteiger partial charge in [0, 0.05) is 29.5 Å². The molecule has 2 amide bonds. The monoisotopic (exact) mass is 457 g/mol. The van der Waals surface area contributed by atoms with Crippen LogP contribution in [0.25, 0.3) is 0 Å². The van der Waals surface area contributed by atoms with Crippen molar-refractivity contribution in [3.63, 3.8) is 0 Å². The first-order valence-corrected chi connectivity index (χ1v) is 11.7. The van der Waals surface area contributed by atoms with Crippen LogP contribution in [0.1, 0.15) is 4.88 Å². The lowest BCUT2D eigenvalue weighted by Crippen LogP contribution is -2.80. The van der Waals surface area contributed by atoms with Gasteiger partial charge in [-0.2, -0.15) is 0 Å². The van der Waals surface area contributed by atoms with E-state index in [4.69, 9.17) is 0 Å². The van der Waals surface area contributed by atoms with Crippen molar-refractivity contribution in [1.82, 2.24) is 15.1 Å². The fraction of sp³-hybridized carbons (Fsp3) is 0.300. The van der Waals surface area contributed by atoms with Crippen LogP contribution in [0.2, 0.25) is 0 Å². The number of allylic oxidation sites excluding steroid dienone is 2. The van der Waals surface area contributed by atoms with Gasteiger partial charge in [0.1, 0.15) is 11.4 Å². The summed E-state index contributed by atoms with van der Waals surface area (Å²) in [5.41, 5.74) is 1.51. The number of fused-ring (bicyclic) bond motifs is 2. The lowest BCUT2D eigenvalue weighted by Gasteiger charge is -2.51. The second-order valence-electron chi connectivity index (χ2n) is 7.41. The van der Waals surface area contributed by atoms with Crippen LogP contribution in [0.5, 0.6) is 0 Å². The third-order valence-corrected chi connectivity index (χ3v) is 7.67. The van der Waals surface area contributed by atoms with E-state index in [2.05, 4.69) is 10.3 Å². The van der Waals surface area contributed by atoms with E-state index in [-0.39, 0.29) is 18.0 Å². The Morgan fingerprint density at radius 1 is 1.39 bits per heavy atom. The number of β-lactam (4-membered cyclic amide) rings is 1. The molecule has 11 heteroatoms. The van der Waals surface area contributed by atoms with Crippen LogP contribution in [-0.4, -0.2) is 63.8 Å². The fourth-order valence-corrected chi connectivity index (χ4v) is 6.09. The fourth-order valence-electron chi connectivity index (χ4n) is 4.06. The Morgan fingerprint density at radius 2 is 2.26 bits per heavy atom. The first-order chi connectivity index (χ1) is 15.0. The van der Waals surface area contributed by atoms with Crippen LogP contribution >= 0.6 is 23.1 Å². The van der Waals surface area contributed by atoms with Gasteiger partial charge in [-0.05, 0) is 23.1 Å². The molecule has 5 rings (SSSR count). The molecule has 0 aromatic carbocycles. The molecule has 1 aromatic rings. The molecule has 0 radical (unpaired) electrons. The number of thioether (sulfide) groups is 1. The molecular formula is C20H19N5O4S2. The summed E-state index contributed by atoms with van der Waals surface area (Å²) in [6, 6.07) is 3.00. The van der Waals surface area contributed by atoms with Crippen LogP contribution in [-0.2, 0) is 20.8 Å². The maximum atomic E-state index is 12.8. The highest BCUT2D eigenvalue weighted by Gasteiger charge is 2.53. The van der Waals surface area contributed by atoms with Crippen LogP contribution in [0.15, 0.2) is 57.8 Å². The first-order valence-electron chi connectivity index (χ1n) is 9.76. The first kappa shape index (κ1) is 20.0. The van der Waals surface area contributed by atoms with Gasteiger partial charge in [-0.3, -0.25) is 19.8 Å². The molecule has 4 aliphatic heterocycles. The van der Waals surface area contributed by atoms with Gasteiger partial charge in [-0.25, -0.2) is 4.99 Å². The number of nitrogens with two attached hydrogens (primary N) is 1. The maximum absolute atomic E-state index is 12.8. The minimum Gasteiger partial charge on any atom is -0.543 e. The van der Waals surface area contributed by atoms with E-state index in [1.54, 1.807) is 0 Å². The normalized spacial score (nSPS) is 24.3. The van der Waals surface area contributed by atoms with E-state index >= 15 is 0 Å². The van der Waals surface area contributed by atoms with Crippen molar-refractivity contribution in [3.8, 4) is 0 Å². The number of nitrogens with zero attached hydrogens (tertiary/aromatic N) is 3. The number of thiophene rings is 1. The van der Waals surface area contributed by atoms with Crippen molar-refractivity contribution in [2.24, 2.45) is 4.99 Å². The number of carboxylic acid groups (broad SMARTS) is 1. The number of aliphatic imine (C=N–C) groups is 1. The summed E-state index contributed by atoms with van der Waals surface area (Å²) in [4.78, 5) is 45.6. The highest BCUT2D eigenvalue weighted by molar-refractivity contribution is 8.00. The summed E-state index contributed by atoms with van der Waals surface area (Å²) >= 11 is 2.92. The molecule has 2 atom stereocenters. The SMILES string of the molecule is O=C(Cc1cccs1)NC1C(=O)N2C(C(=O)[O-])=C(CN3C=CC=C4[NH2+]CN=C43)CS[C@H]12. The summed E-state index contributed by atoms with van der Waals surface area (Å²) in [6.07, 6.45) is 5.90. The highest BCUT2D eigenvalue weighted by Crippen LogP contribution is 2.40. The summed E-state index contributed by atoms with van der Waals surface area (Å²) in [6.45, 7) is 0.906. The quantitative estimate of drug-likeness (QED) is 0.493. The van der Waals surface area contributed by atoms with E-state index in [1.807, 2.05) is 46.1 Å². The summed E-state index contributed by atoms with van der Waals surface area (Å²) in [7, 11) is 0. The van der Waals surface area contributed by atoms with Crippen molar-refractivity contribution in [2.45, 2.75) is 17.8 Å². The van der Waals surface area contributed by atoms with Crippen molar-refractivity contribution < 1.29 is 24.8 Å². The zero-order valence-electron chi connectivity index (χ0n) is 16.3. The van der Waals surface area contributed by atoms with Gasteiger partial charge in [-0.15, -0.1) is 23.1 Å². The zero-order chi connectivity index (χ0) is 21.5. The zero-order valence-corrected chi connectivity index (χ0v) is 17.9. The van der Waals surface area contributed by atoms with Crippen LogP contribution in [0.3, 0.4) is 0 Å². The molecule has 31 heavy (non-hydrogen) atoms. The molecule has 160 valence electrons. The molecule has 1 fully saturated rings. The average molecular weight is 458 g/mol. The van der Waals surface area contributed by atoms with Gasteiger partial charge in [0.2, 0.25) is 5.91 Å². The predicted molar refractivity (Wildman–Crippen MR) is 113 cm³/mol. The lowest BCUT2D eigenvalue weighted by molar-refractivity contribution is -0.590. The summed E-state index contributed by atoms with van der Waals surface area (Å²) in [5.74, 6) is -0.828. The number of rotatable bonds is 6. The standard InChI is InChI=1S/C20H19N5O4S2/c26-14(7-12-3-2-6-30-12)23-15-18(27)25-16(20(28)29)11(9-31-19(15)25)8-24-5-1-4-13-17(24)22-10-21-13/h1-6,15,19,21H,7-10H2,(H,23,26)(H,28,29)/t15?,19-/m1/s1. The third kappa shape index (κ3) is 3.58. The van der Waals surface area contributed by atoms with E-state index in [1.165, 1.54) is 28.0 Å². The number of carbonyl (C=O) groups excluding carboxylic acids is 3. The van der Waals surface area contributed by atoms with Gasteiger partial charge in [0.05, 0.1) is 18.1 Å². The molecule has 0 bridgehead atoms. The van der Waals surface area contributed by atoms with Gasteiger partial charge >= 0.3 is 0 Å². The number of carboxylic acids is 1. The number of carbonyl (C=O) groups is 3. The highest BCUT2D eigenvalue weighted by atomic mass is 32.2. The molecule has 1 saturated heterocycles. The number of amides is 2. The van der Waals surface area contributed by atoms with E-state index in [0.29, 0.717) is 24.5 Å². The average Bonchev–Trinajstić information content (AvgIpc) is 3.43. The number of hydrogen-bond donors (Lipinski definition) is 2. The molecular weight excluding hydrogens is 438 g/mol. The number of amidine groups is 1. The molecule has 0 saturated carbocycles. The van der Waals surface area contributed by atoms with Crippen molar-refractivity contribution in [1.29, 1.82) is 0 Å². The van der Waals surface area contributed by atoms with E-state index in [9.17, 15) is 19.5 Å². The van der Waals surface area contributed by atoms with Gasteiger partial charge in [0.15, 0.2) is 18.2 Å². The van der Waals surface area contributed by atoms with Crippen LogP contribution < -0.4 is 15.7 Å². The molecule has 4 aliphatic rings. The Balaban J connectivity index is 1.31. The van der Waals surface area contributed by atoms with E-state index < -0.39 is 23.3 Å². The van der Waals surface area contributed by atoms with Gasteiger partial charge in [-0.1, -0.05) is 6.07 Å². The Bertz CT molecular complexity index is 1080.